The quantitative estimate of drug-likeness (QED) is 0.168. The lowest BCUT2D eigenvalue weighted by Gasteiger charge is -2.25. The summed E-state index contributed by atoms with van der Waals surface area (Å²) in [7, 11) is 3.00. The summed E-state index contributed by atoms with van der Waals surface area (Å²) in [6.45, 7) is 4.44. The van der Waals surface area contributed by atoms with Crippen LogP contribution in [0.3, 0.4) is 0 Å². The Bertz CT molecular complexity index is 1590. The van der Waals surface area contributed by atoms with Crippen LogP contribution in [0.2, 0.25) is 0 Å². The molecule has 5 rings (SSSR count). The zero-order valence-corrected chi connectivity index (χ0v) is 22.9. The van der Waals surface area contributed by atoms with Crippen LogP contribution >= 0.6 is 11.3 Å². The fraction of sp³-hybridized carbons (Fsp3) is 0.233. The number of aromatic nitrogens is 1. The lowest BCUT2D eigenvalue weighted by Crippen LogP contribution is -2.29. The van der Waals surface area contributed by atoms with Gasteiger partial charge in [-0.3, -0.25) is 14.5 Å². The number of benzene rings is 3. The second-order valence-electron chi connectivity index (χ2n) is 8.86. The van der Waals surface area contributed by atoms with Crippen molar-refractivity contribution in [3.63, 3.8) is 0 Å². The number of amides is 1. The molecule has 1 atom stereocenters. The highest BCUT2D eigenvalue weighted by molar-refractivity contribution is 7.22. The van der Waals surface area contributed by atoms with Crippen LogP contribution < -0.4 is 19.1 Å². The third kappa shape index (κ3) is 4.59. The number of ketones is 1. The van der Waals surface area contributed by atoms with Crippen LogP contribution in [0.1, 0.15) is 36.6 Å². The van der Waals surface area contributed by atoms with Crippen molar-refractivity contribution in [2.24, 2.45) is 0 Å². The average molecular weight is 545 g/mol. The molecule has 3 aromatic carbocycles. The molecule has 1 amide bonds. The number of aliphatic hydroxyl groups is 1. The summed E-state index contributed by atoms with van der Waals surface area (Å²) < 4.78 is 17.6. The van der Waals surface area contributed by atoms with Gasteiger partial charge in [-0.25, -0.2) is 4.98 Å². The number of carbonyl (C=O) groups excluding carboxylic acids is 2. The Morgan fingerprint density at radius 3 is 2.46 bits per heavy atom. The van der Waals surface area contributed by atoms with Crippen molar-refractivity contribution in [3.8, 4) is 17.2 Å². The molecule has 39 heavy (non-hydrogen) atoms. The van der Waals surface area contributed by atoms with Crippen LogP contribution in [0.4, 0.5) is 5.13 Å². The second kappa shape index (κ2) is 10.8. The molecule has 1 aliphatic heterocycles. The number of hydrogen-bond donors (Lipinski definition) is 1. The van der Waals surface area contributed by atoms with Crippen molar-refractivity contribution in [1.82, 2.24) is 4.98 Å². The van der Waals surface area contributed by atoms with Crippen LogP contribution in [0.5, 0.6) is 17.2 Å². The van der Waals surface area contributed by atoms with E-state index in [1.165, 1.54) is 30.5 Å². The molecule has 200 valence electrons. The number of para-hydroxylation sites is 1. The first-order valence-electron chi connectivity index (χ1n) is 12.6. The first kappa shape index (κ1) is 26.2. The van der Waals surface area contributed by atoms with E-state index in [1.807, 2.05) is 25.1 Å². The Kier molecular flexibility index (Phi) is 7.26. The maximum absolute atomic E-state index is 13.6. The lowest BCUT2D eigenvalue weighted by atomic mass is 9.94. The van der Waals surface area contributed by atoms with E-state index in [9.17, 15) is 14.7 Å². The van der Waals surface area contributed by atoms with Crippen molar-refractivity contribution in [2.75, 3.05) is 25.7 Å². The van der Waals surface area contributed by atoms with Crippen molar-refractivity contribution in [1.29, 1.82) is 0 Å². The van der Waals surface area contributed by atoms with Gasteiger partial charge in [-0.1, -0.05) is 36.5 Å². The van der Waals surface area contributed by atoms with Gasteiger partial charge in [0.15, 0.2) is 16.6 Å². The van der Waals surface area contributed by atoms with Crippen molar-refractivity contribution < 1.29 is 28.9 Å². The van der Waals surface area contributed by atoms with Gasteiger partial charge in [0.1, 0.15) is 17.6 Å². The summed E-state index contributed by atoms with van der Waals surface area (Å²) in [5, 5.41) is 11.8. The maximum atomic E-state index is 13.6. The number of aryl methyl sites for hydroxylation is 1. The number of fused-ring (bicyclic) bond motifs is 1. The van der Waals surface area contributed by atoms with E-state index in [1.54, 1.807) is 42.5 Å². The van der Waals surface area contributed by atoms with Gasteiger partial charge in [-0.2, -0.15) is 0 Å². The standard InChI is InChI=1S/C30H28N2O6S/c1-5-17-10-15-21-23(16-17)39-30(31-21)32-25(20-8-7-9-22(36-3)28(20)37-4)24(27(34)29(32)35)26(33)18-11-13-19(14-12-18)38-6-2/h7-16,25,33H,5-6H2,1-4H3/b26-24+/t25-/m1/s1. The molecule has 4 aromatic rings. The summed E-state index contributed by atoms with van der Waals surface area (Å²) in [5.41, 5.74) is 2.65. The normalized spacial score (nSPS) is 16.6. The van der Waals surface area contributed by atoms with E-state index < -0.39 is 17.7 Å². The summed E-state index contributed by atoms with van der Waals surface area (Å²) in [5.74, 6) is -0.496. The third-order valence-electron chi connectivity index (χ3n) is 6.67. The van der Waals surface area contributed by atoms with E-state index in [0.29, 0.717) is 40.1 Å². The fourth-order valence-corrected chi connectivity index (χ4v) is 5.82. The predicted molar refractivity (Wildman–Crippen MR) is 151 cm³/mol. The van der Waals surface area contributed by atoms with Gasteiger partial charge >= 0.3 is 5.91 Å². The van der Waals surface area contributed by atoms with E-state index in [4.69, 9.17) is 19.2 Å². The number of anilines is 1. The van der Waals surface area contributed by atoms with Gasteiger partial charge in [0.05, 0.1) is 36.6 Å². The Balaban J connectivity index is 1.74. The molecule has 0 radical (unpaired) electrons. The number of carbonyl (C=O) groups is 2. The lowest BCUT2D eigenvalue weighted by molar-refractivity contribution is -0.132. The first-order valence-corrected chi connectivity index (χ1v) is 13.4. The number of methoxy groups -OCH3 is 2. The van der Waals surface area contributed by atoms with Gasteiger partial charge in [0.2, 0.25) is 0 Å². The van der Waals surface area contributed by atoms with Gasteiger partial charge in [0.25, 0.3) is 5.78 Å². The van der Waals surface area contributed by atoms with Gasteiger partial charge in [0, 0.05) is 11.1 Å². The van der Waals surface area contributed by atoms with Gasteiger partial charge in [-0.15, -0.1) is 0 Å². The highest BCUT2D eigenvalue weighted by Gasteiger charge is 2.49. The molecule has 1 fully saturated rings. The van der Waals surface area contributed by atoms with Crippen LogP contribution in [0.25, 0.3) is 16.0 Å². The number of nitrogens with zero attached hydrogens (tertiary/aromatic N) is 2. The number of hydrogen-bond acceptors (Lipinski definition) is 8. The van der Waals surface area contributed by atoms with Gasteiger partial charge in [-0.05, 0) is 61.4 Å². The smallest absolute Gasteiger partial charge is 0.301 e. The van der Waals surface area contributed by atoms with Crippen LogP contribution in [0.15, 0.2) is 66.2 Å². The minimum absolute atomic E-state index is 0.0655. The molecule has 1 aliphatic rings. The SMILES string of the molecule is CCOc1ccc(/C(O)=C2\C(=O)C(=O)N(c3nc4ccc(CC)cc4s3)[C@@H]2c2cccc(OC)c2OC)cc1. The largest absolute Gasteiger partial charge is 0.507 e. The minimum Gasteiger partial charge on any atom is -0.507 e. The fourth-order valence-electron chi connectivity index (χ4n) is 4.76. The molecule has 1 saturated heterocycles. The molecule has 2 heterocycles. The predicted octanol–water partition coefficient (Wildman–Crippen LogP) is 5.90. The third-order valence-corrected chi connectivity index (χ3v) is 7.68. The number of Topliss-reactive ketones (excluding diaryl/α,β-unsaturated/α-hetero) is 1. The van der Waals surface area contributed by atoms with Crippen LogP contribution in [0, 0.1) is 0 Å². The summed E-state index contributed by atoms with van der Waals surface area (Å²) in [6, 6.07) is 16.9. The zero-order chi connectivity index (χ0) is 27.7. The molecular formula is C30H28N2O6S. The van der Waals surface area contributed by atoms with Crippen LogP contribution in [-0.2, 0) is 16.0 Å². The summed E-state index contributed by atoms with van der Waals surface area (Å²) in [4.78, 5) is 33.3. The molecule has 0 saturated carbocycles. The van der Waals surface area contributed by atoms with E-state index in [-0.39, 0.29) is 11.3 Å². The minimum atomic E-state index is -1.01. The molecule has 9 heteroatoms. The van der Waals surface area contributed by atoms with Gasteiger partial charge < -0.3 is 19.3 Å². The monoisotopic (exact) mass is 544 g/mol. The molecule has 8 nitrogen and oxygen atoms in total. The molecule has 0 bridgehead atoms. The Morgan fingerprint density at radius 1 is 1.03 bits per heavy atom. The van der Waals surface area contributed by atoms with E-state index in [0.717, 1.165) is 22.2 Å². The summed E-state index contributed by atoms with van der Waals surface area (Å²) >= 11 is 1.32. The molecule has 0 unspecified atom stereocenters. The first-order chi connectivity index (χ1) is 18.9. The number of rotatable bonds is 8. The molecule has 1 N–H and O–H groups in total. The molecular weight excluding hydrogens is 516 g/mol. The van der Waals surface area contributed by atoms with Crippen molar-refractivity contribution >= 4 is 44.1 Å². The van der Waals surface area contributed by atoms with Crippen molar-refractivity contribution in [3.05, 3.63) is 82.9 Å². The summed E-state index contributed by atoms with van der Waals surface area (Å²) in [6.07, 6.45) is 0.858. The molecule has 0 aliphatic carbocycles. The van der Waals surface area contributed by atoms with Crippen molar-refractivity contribution in [2.45, 2.75) is 26.3 Å². The second-order valence-corrected chi connectivity index (χ2v) is 9.87. The number of aliphatic hydroxyl groups excluding tert-OH is 1. The Hall–Kier alpha value is -4.37. The Labute approximate surface area is 230 Å². The topological polar surface area (TPSA) is 98.2 Å². The van der Waals surface area contributed by atoms with Crippen LogP contribution in [-0.4, -0.2) is 42.6 Å². The average Bonchev–Trinajstić information content (AvgIpc) is 3.49. The van der Waals surface area contributed by atoms with E-state index >= 15 is 0 Å². The molecule has 1 aromatic heterocycles. The highest BCUT2D eigenvalue weighted by atomic mass is 32.1. The maximum Gasteiger partial charge on any atom is 0.301 e. The highest BCUT2D eigenvalue weighted by Crippen LogP contribution is 2.48. The molecule has 0 spiro atoms. The van der Waals surface area contributed by atoms with E-state index in [2.05, 4.69) is 6.92 Å². The zero-order valence-electron chi connectivity index (χ0n) is 22.1. The number of thiazole rings is 1. The number of ether oxygens (including phenoxy) is 3. The Morgan fingerprint density at radius 2 is 1.79 bits per heavy atom.